The molecule has 0 spiro atoms. The van der Waals surface area contributed by atoms with Crippen LogP contribution in [-0.2, 0) is 14.8 Å². The first kappa shape index (κ1) is 16.7. The van der Waals surface area contributed by atoms with Crippen molar-refractivity contribution in [2.75, 3.05) is 19.6 Å². The molecular weight excluding hydrogens is 332 g/mol. The molecule has 23 heavy (non-hydrogen) atoms. The highest BCUT2D eigenvalue weighted by Crippen LogP contribution is 2.32. The Morgan fingerprint density at radius 2 is 2.04 bits per heavy atom. The molecule has 126 valence electrons. The van der Waals surface area contributed by atoms with Crippen LogP contribution in [0.1, 0.15) is 31.2 Å². The minimum absolute atomic E-state index is 0.0933. The van der Waals surface area contributed by atoms with Crippen LogP contribution in [0.5, 0.6) is 0 Å². The highest BCUT2D eigenvalue weighted by molar-refractivity contribution is 7.90. The van der Waals surface area contributed by atoms with E-state index in [1.165, 1.54) is 0 Å². The van der Waals surface area contributed by atoms with Gasteiger partial charge < -0.3 is 5.32 Å². The molecule has 1 saturated carbocycles. The average Bonchev–Trinajstić information content (AvgIpc) is 3.29. The SMILES string of the molecule is O=C(/C=C/c1ccsc1)NCC1CCN(S(=O)(=O)C2CC2)CC1. The monoisotopic (exact) mass is 354 g/mol. The van der Waals surface area contributed by atoms with E-state index in [2.05, 4.69) is 5.32 Å². The van der Waals surface area contributed by atoms with Crippen LogP contribution in [0.15, 0.2) is 22.9 Å². The van der Waals surface area contributed by atoms with Crippen LogP contribution in [0.3, 0.4) is 0 Å². The predicted molar refractivity (Wildman–Crippen MR) is 92.6 cm³/mol. The number of sulfonamides is 1. The van der Waals surface area contributed by atoms with E-state index < -0.39 is 10.0 Å². The highest BCUT2D eigenvalue weighted by atomic mass is 32.2. The maximum atomic E-state index is 12.2. The first-order chi connectivity index (χ1) is 11.1. The van der Waals surface area contributed by atoms with Crippen LogP contribution in [0.4, 0.5) is 0 Å². The van der Waals surface area contributed by atoms with Crippen LogP contribution in [0, 0.1) is 5.92 Å². The summed E-state index contributed by atoms with van der Waals surface area (Å²) in [6.07, 6.45) is 6.62. The zero-order valence-corrected chi connectivity index (χ0v) is 14.6. The Morgan fingerprint density at radius 3 is 2.65 bits per heavy atom. The summed E-state index contributed by atoms with van der Waals surface area (Å²) in [6.45, 7) is 1.79. The average molecular weight is 354 g/mol. The Bertz CT molecular complexity index is 656. The molecule has 7 heteroatoms. The Kier molecular flexibility index (Phi) is 5.18. The van der Waals surface area contributed by atoms with Gasteiger partial charge in [0.1, 0.15) is 0 Å². The fourth-order valence-electron chi connectivity index (χ4n) is 2.79. The number of piperidine rings is 1. The van der Waals surface area contributed by atoms with Gasteiger partial charge in [-0.1, -0.05) is 0 Å². The van der Waals surface area contributed by atoms with E-state index in [4.69, 9.17) is 0 Å². The summed E-state index contributed by atoms with van der Waals surface area (Å²) in [4.78, 5) is 11.8. The van der Waals surface area contributed by atoms with E-state index >= 15 is 0 Å². The van der Waals surface area contributed by atoms with Crippen molar-refractivity contribution in [3.8, 4) is 0 Å². The number of rotatable bonds is 6. The fourth-order valence-corrected chi connectivity index (χ4v) is 5.29. The third-order valence-corrected chi connectivity index (χ3v) is 7.51. The van der Waals surface area contributed by atoms with E-state index in [9.17, 15) is 13.2 Å². The molecule has 1 aromatic rings. The lowest BCUT2D eigenvalue weighted by atomic mass is 9.98. The number of nitrogens with zero attached hydrogens (tertiary/aromatic N) is 1. The molecule has 1 aliphatic heterocycles. The predicted octanol–water partition coefficient (Wildman–Crippen LogP) is 2.08. The van der Waals surface area contributed by atoms with E-state index in [1.807, 2.05) is 16.8 Å². The minimum Gasteiger partial charge on any atom is -0.352 e. The van der Waals surface area contributed by atoms with E-state index in [1.54, 1.807) is 27.8 Å². The van der Waals surface area contributed by atoms with Gasteiger partial charge in [0.2, 0.25) is 15.9 Å². The maximum absolute atomic E-state index is 12.2. The van der Waals surface area contributed by atoms with Gasteiger partial charge in [-0.2, -0.15) is 11.3 Å². The molecule has 2 heterocycles. The molecular formula is C16H22N2O3S2. The van der Waals surface area contributed by atoms with Crippen molar-refractivity contribution in [1.82, 2.24) is 9.62 Å². The smallest absolute Gasteiger partial charge is 0.244 e. The van der Waals surface area contributed by atoms with Gasteiger partial charge in [-0.15, -0.1) is 0 Å². The second-order valence-electron chi connectivity index (χ2n) is 6.22. The van der Waals surface area contributed by atoms with Gasteiger partial charge in [0.15, 0.2) is 0 Å². The second kappa shape index (κ2) is 7.15. The van der Waals surface area contributed by atoms with Gasteiger partial charge in [0, 0.05) is 25.7 Å². The largest absolute Gasteiger partial charge is 0.352 e. The minimum atomic E-state index is -3.04. The summed E-state index contributed by atoms with van der Waals surface area (Å²) in [5.41, 5.74) is 1.03. The van der Waals surface area contributed by atoms with Gasteiger partial charge >= 0.3 is 0 Å². The van der Waals surface area contributed by atoms with Gasteiger partial charge in [-0.3, -0.25) is 4.79 Å². The Labute approximate surface area is 141 Å². The summed E-state index contributed by atoms with van der Waals surface area (Å²) in [5.74, 6) is 0.267. The summed E-state index contributed by atoms with van der Waals surface area (Å²) >= 11 is 1.60. The Hall–Kier alpha value is -1.18. The number of hydrogen-bond acceptors (Lipinski definition) is 4. The molecule has 1 amide bonds. The van der Waals surface area contributed by atoms with Crippen molar-refractivity contribution in [3.63, 3.8) is 0 Å². The molecule has 1 aromatic heterocycles. The number of carbonyl (C=O) groups excluding carboxylic acids is 1. The lowest BCUT2D eigenvalue weighted by molar-refractivity contribution is -0.116. The normalized spacial score (nSPS) is 20.9. The van der Waals surface area contributed by atoms with Crippen LogP contribution >= 0.6 is 11.3 Å². The molecule has 1 N–H and O–H groups in total. The molecule has 0 unspecified atom stereocenters. The van der Waals surface area contributed by atoms with Crippen molar-refractivity contribution >= 4 is 33.3 Å². The Balaban J connectivity index is 1.40. The van der Waals surface area contributed by atoms with Gasteiger partial charge in [0.25, 0.3) is 0 Å². The number of carbonyl (C=O) groups is 1. The molecule has 1 aliphatic carbocycles. The molecule has 0 radical (unpaired) electrons. The lowest BCUT2D eigenvalue weighted by Crippen LogP contribution is -2.42. The molecule has 0 aromatic carbocycles. The van der Waals surface area contributed by atoms with Gasteiger partial charge in [-0.25, -0.2) is 12.7 Å². The summed E-state index contributed by atoms with van der Waals surface area (Å²) in [7, 11) is -3.04. The quantitative estimate of drug-likeness (QED) is 0.796. The fraction of sp³-hybridized carbons (Fsp3) is 0.562. The molecule has 0 bridgehead atoms. The molecule has 5 nitrogen and oxygen atoms in total. The van der Waals surface area contributed by atoms with Crippen LogP contribution in [0.2, 0.25) is 0 Å². The molecule has 1 saturated heterocycles. The first-order valence-corrected chi connectivity index (χ1v) is 10.5. The summed E-state index contributed by atoms with van der Waals surface area (Å²) in [6, 6.07) is 1.96. The van der Waals surface area contributed by atoms with Crippen molar-refractivity contribution in [2.24, 2.45) is 5.92 Å². The highest BCUT2D eigenvalue weighted by Gasteiger charge is 2.41. The topological polar surface area (TPSA) is 66.5 Å². The van der Waals surface area contributed by atoms with E-state index in [0.29, 0.717) is 25.6 Å². The zero-order valence-electron chi connectivity index (χ0n) is 13.0. The molecule has 2 aliphatic rings. The standard InChI is InChI=1S/C16H22N2O3S2/c19-16(4-1-14-7-10-22-12-14)17-11-13-5-8-18(9-6-13)23(20,21)15-2-3-15/h1,4,7,10,12-13,15H,2-3,5-6,8-9,11H2,(H,17,19)/b4-1+. The van der Waals surface area contributed by atoms with Crippen molar-refractivity contribution < 1.29 is 13.2 Å². The number of nitrogens with one attached hydrogen (secondary N) is 1. The second-order valence-corrected chi connectivity index (χ2v) is 9.21. The number of amides is 1. The van der Waals surface area contributed by atoms with E-state index in [-0.39, 0.29) is 11.2 Å². The molecule has 2 fully saturated rings. The summed E-state index contributed by atoms with van der Waals surface area (Å²) < 4.78 is 26.0. The maximum Gasteiger partial charge on any atom is 0.244 e. The third kappa shape index (κ3) is 4.43. The number of hydrogen-bond donors (Lipinski definition) is 1. The van der Waals surface area contributed by atoms with Crippen LogP contribution < -0.4 is 5.32 Å². The third-order valence-electron chi connectivity index (χ3n) is 4.41. The molecule has 3 rings (SSSR count). The number of thiophene rings is 1. The van der Waals surface area contributed by atoms with Crippen LogP contribution in [-0.4, -0.2) is 43.5 Å². The van der Waals surface area contributed by atoms with Crippen molar-refractivity contribution in [3.05, 3.63) is 28.5 Å². The zero-order chi connectivity index (χ0) is 16.3. The van der Waals surface area contributed by atoms with Crippen LogP contribution in [0.25, 0.3) is 6.08 Å². The van der Waals surface area contributed by atoms with Crippen molar-refractivity contribution in [2.45, 2.75) is 30.9 Å². The lowest BCUT2D eigenvalue weighted by Gasteiger charge is -2.31. The molecule has 0 atom stereocenters. The van der Waals surface area contributed by atoms with Crippen molar-refractivity contribution in [1.29, 1.82) is 0 Å². The van der Waals surface area contributed by atoms with Gasteiger partial charge in [-0.05, 0) is 60.1 Å². The van der Waals surface area contributed by atoms with E-state index in [0.717, 1.165) is 31.2 Å². The van der Waals surface area contributed by atoms with Gasteiger partial charge in [0.05, 0.1) is 5.25 Å². The summed E-state index contributed by atoms with van der Waals surface area (Å²) in [5, 5.41) is 6.75. The first-order valence-electron chi connectivity index (χ1n) is 8.03. The Morgan fingerprint density at radius 1 is 1.30 bits per heavy atom.